The minimum absolute atomic E-state index is 0.0433. The predicted octanol–water partition coefficient (Wildman–Crippen LogP) is 0.177. The summed E-state index contributed by atoms with van der Waals surface area (Å²) in [6.45, 7) is 3.44. The first-order valence-corrected chi connectivity index (χ1v) is 9.38. The first-order chi connectivity index (χ1) is 11.1. The summed E-state index contributed by atoms with van der Waals surface area (Å²) in [5.41, 5.74) is 0. The van der Waals surface area contributed by atoms with Crippen LogP contribution >= 0.6 is 11.8 Å². The van der Waals surface area contributed by atoms with E-state index in [1.165, 1.54) is 0 Å². The molecule has 0 saturated carbocycles. The van der Waals surface area contributed by atoms with Crippen LogP contribution < -0.4 is 5.32 Å². The van der Waals surface area contributed by atoms with Crippen molar-refractivity contribution < 1.29 is 23.9 Å². The molecule has 2 aliphatic heterocycles. The number of hydrogen-bond donors (Lipinski definition) is 1. The smallest absolute Gasteiger partial charge is 0.338 e. The van der Waals surface area contributed by atoms with E-state index in [1.54, 1.807) is 23.6 Å². The van der Waals surface area contributed by atoms with Crippen molar-refractivity contribution in [1.29, 1.82) is 0 Å². The number of nitrogens with zero attached hydrogens (tertiary/aromatic N) is 1. The first-order valence-electron chi connectivity index (χ1n) is 7.98. The highest BCUT2D eigenvalue weighted by molar-refractivity contribution is 7.98. The Morgan fingerprint density at radius 1 is 1.30 bits per heavy atom. The number of carbonyl (C=O) groups excluding carboxylic acids is 3. The van der Waals surface area contributed by atoms with Gasteiger partial charge in [0.05, 0.1) is 6.61 Å². The molecule has 2 rings (SSSR count). The number of carbonyl (C=O) groups is 3. The van der Waals surface area contributed by atoms with E-state index in [-0.39, 0.29) is 12.5 Å². The summed E-state index contributed by atoms with van der Waals surface area (Å²) in [6, 6.07) is -0.555. The molecule has 2 saturated heterocycles. The zero-order valence-electron chi connectivity index (χ0n) is 13.6. The maximum Gasteiger partial charge on any atom is 0.338 e. The maximum atomic E-state index is 12.5. The largest absolute Gasteiger partial charge is 0.464 e. The lowest BCUT2D eigenvalue weighted by Gasteiger charge is -2.23. The molecule has 0 spiro atoms. The third-order valence-corrected chi connectivity index (χ3v) is 4.56. The standard InChI is InChI=1S/C15H24N2O5S/c1-3-21-15(20)12-11(22-12)13(18)16-10(6-9-23-2)14(19)17-7-4-5-8-17/h10-12H,3-9H2,1-2H3,(H,16,18)/t10-,11-,12-/m0/s1. The van der Waals surface area contributed by atoms with E-state index < -0.39 is 30.1 Å². The molecule has 0 aromatic heterocycles. The third kappa shape index (κ3) is 4.84. The second-order valence-corrected chi connectivity index (χ2v) is 6.59. The van der Waals surface area contributed by atoms with Crippen molar-refractivity contribution in [2.24, 2.45) is 0 Å². The van der Waals surface area contributed by atoms with Crippen molar-refractivity contribution in [3.8, 4) is 0 Å². The van der Waals surface area contributed by atoms with Gasteiger partial charge in [0.2, 0.25) is 5.91 Å². The molecule has 2 amide bonds. The molecule has 7 nitrogen and oxygen atoms in total. The van der Waals surface area contributed by atoms with E-state index in [1.807, 2.05) is 6.26 Å². The number of nitrogens with one attached hydrogen (secondary N) is 1. The van der Waals surface area contributed by atoms with Gasteiger partial charge in [-0.25, -0.2) is 4.79 Å². The molecular weight excluding hydrogens is 320 g/mol. The van der Waals surface area contributed by atoms with Crippen LogP contribution in [0.15, 0.2) is 0 Å². The van der Waals surface area contributed by atoms with Gasteiger partial charge in [0.15, 0.2) is 12.2 Å². The summed E-state index contributed by atoms with van der Waals surface area (Å²) in [5.74, 6) is -0.212. The molecule has 8 heteroatoms. The molecule has 2 heterocycles. The average molecular weight is 344 g/mol. The lowest BCUT2D eigenvalue weighted by atomic mass is 10.1. The fourth-order valence-electron chi connectivity index (χ4n) is 2.62. The van der Waals surface area contributed by atoms with Crippen LogP contribution in [-0.2, 0) is 23.9 Å². The first kappa shape index (κ1) is 18.1. The van der Waals surface area contributed by atoms with Crippen LogP contribution in [0.4, 0.5) is 0 Å². The number of thioether (sulfide) groups is 1. The molecule has 130 valence electrons. The summed E-state index contributed by atoms with van der Waals surface area (Å²) in [5, 5.41) is 2.74. The van der Waals surface area contributed by atoms with Gasteiger partial charge in [0.25, 0.3) is 5.91 Å². The van der Waals surface area contributed by atoms with Crippen molar-refractivity contribution in [2.75, 3.05) is 31.7 Å². The van der Waals surface area contributed by atoms with E-state index in [2.05, 4.69) is 5.32 Å². The van der Waals surface area contributed by atoms with Gasteiger partial charge in [-0.3, -0.25) is 9.59 Å². The van der Waals surface area contributed by atoms with Crippen LogP contribution in [0.25, 0.3) is 0 Å². The van der Waals surface area contributed by atoms with E-state index in [4.69, 9.17) is 9.47 Å². The van der Waals surface area contributed by atoms with E-state index in [9.17, 15) is 14.4 Å². The van der Waals surface area contributed by atoms with Gasteiger partial charge < -0.3 is 19.7 Å². The highest BCUT2D eigenvalue weighted by Crippen LogP contribution is 2.24. The van der Waals surface area contributed by atoms with Crippen LogP contribution in [-0.4, -0.2) is 72.6 Å². The van der Waals surface area contributed by atoms with Crippen molar-refractivity contribution in [1.82, 2.24) is 10.2 Å². The monoisotopic (exact) mass is 344 g/mol. The number of ether oxygens (including phenoxy) is 2. The highest BCUT2D eigenvalue weighted by Gasteiger charge is 2.52. The lowest BCUT2D eigenvalue weighted by Crippen LogP contribution is -2.49. The molecule has 2 fully saturated rings. The zero-order chi connectivity index (χ0) is 16.8. The van der Waals surface area contributed by atoms with Gasteiger partial charge >= 0.3 is 5.97 Å². The van der Waals surface area contributed by atoms with Crippen molar-refractivity contribution in [2.45, 2.75) is 44.4 Å². The summed E-state index contributed by atoms with van der Waals surface area (Å²) in [4.78, 5) is 38.0. The summed E-state index contributed by atoms with van der Waals surface area (Å²) in [7, 11) is 0. The summed E-state index contributed by atoms with van der Waals surface area (Å²) in [6.07, 6.45) is 2.87. The fourth-order valence-corrected chi connectivity index (χ4v) is 3.09. The van der Waals surface area contributed by atoms with Crippen LogP contribution in [0.2, 0.25) is 0 Å². The molecule has 1 N–H and O–H groups in total. The quantitative estimate of drug-likeness (QED) is 0.499. The molecule has 0 aromatic carbocycles. The molecule has 3 atom stereocenters. The molecular formula is C15H24N2O5S. The Balaban J connectivity index is 1.88. The Hall–Kier alpha value is -1.28. The van der Waals surface area contributed by atoms with Gasteiger partial charge in [0.1, 0.15) is 6.04 Å². The number of hydrogen-bond acceptors (Lipinski definition) is 6. The van der Waals surface area contributed by atoms with Crippen molar-refractivity contribution >= 4 is 29.5 Å². The van der Waals surface area contributed by atoms with E-state index in [0.717, 1.165) is 31.7 Å². The molecule has 0 bridgehead atoms. The SMILES string of the molecule is CCOC(=O)[C@H]1O[C@@H]1C(=O)N[C@@H](CCSC)C(=O)N1CCCC1. The Bertz CT molecular complexity index is 453. The fraction of sp³-hybridized carbons (Fsp3) is 0.800. The van der Waals surface area contributed by atoms with Crippen LogP contribution in [0.1, 0.15) is 26.2 Å². The van der Waals surface area contributed by atoms with Gasteiger partial charge in [-0.05, 0) is 38.2 Å². The molecule has 23 heavy (non-hydrogen) atoms. The van der Waals surface area contributed by atoms with Crippen LogP contribution in [0, 0.1) is 0 Å². The minimum atomic E-state index is -0.836. The number of amides is 2. The van der Waals surface area contributed by atoms with E-state index in [0.29, 0.717) is 6.42 Å². The number of epoxide rings is 1. The van der Waals surface area contributed by atoms with Gasteiger partial charge in [0, 0.05) is 13.1 Å². The average Bonchev–Trinajstić information content (AvgIpc) is 3.17. The lowest BCUT2D eigenvalue weighted by molar-refractivity contribution is -0.144. The normalized spacial score (nSPS) is 24.2. The van der Waals surface area contributed by atoms with Crippen LogP contribution in [0.5, 0.6) is 0 Å². The van der Waals surface area contributed by atoms with Crippen molar-refractivity contribution in [3.05, 3.63) is 0 Å². The van der Waals surface area contributed by atoms with Gasteiger partial charge in [-0.2, -0.15) is 11.8 Å². The van der Waals surface area contributed by atoms with Crippen LogP contribution in [0.3, 0.4) is 0 Å². The number of likely N-dealkylation sites (tertiary alicyclic amines) is 1. The van der Waals surface area contributed by atoms with Gasteiger partial charge in [-0.1, -0.05) is 0 Å². The highest BCUT2D eigenvalue weighted by atomic mass is 32.2. The Morgan fingerprint density at radius 2 is 2.00 bits per heavy atom. The second-order valence-electron chi connectivity index (χ2n) is 5.60. The Morgan fingerprint density at radius 3 is 2.61 bits per heavy atom. The van der Waals surface area contributed by atoms with Crippen molar-refractivity contribution in [3.63, 3.8) is 0 Å². The molecule has 0 aliphatic carbocycles. The van der Waals surface area contributed by atoms with E-state index >= 15 is 0 Å². The maximum absolute atomic E-state index is 12.5. The zero-order valence-corrected chi connectivity index (χ0v) is 14.4. The third-order valence-electron chi connectivity index (χ3n) is 3.91. The predicted molar refractivity (Wildman–Crippen MR) is 86.0 cm³/mol. The minimum Gasteiger partial charge on any atom is -0.464 e. The summed E-state index contributed by atoms with van der Waals surface area (Å²) >= 11 is 1.63. The number of esters is 1. The molecule has 0 radical (unpaired) electrons. The Kier molecular flexibility index (Phi) is 6.71. The molecule has 0 unspecified atom stereocenters. The van der Waals surface area contributed by atoms with Gasteiger partial charge in [-0.15, -0.1) is 0 Å². The number of rotatable bonds is 8. The topological polar surface area (TPSA) is 88.2 Å². The summed E-state index contributed by atoms with van der Waals surface area (Å²) < 4.78 is 9.91. The Labute approximate surface area is 140 Å². The second kappa shape index (κ2) is 8.54. The molecule has 2 aliphatic rings. The molecule has 0 aromatic rings.